The van der Waals surface area contributed by atoms with E-state index in [9.17, 15) is 25.3 Å². The van der Waals surface area contributed by atoms with E-state index in [1.165, 1.54) is 12.1 Å². The van der Waals surface area contributed by atoms with Gasteiger partial charge in [0.2, 0.25) is 0 Å². The smallest absolute Gasteiger partial charge is 0.311 e. The number of aromatic hydroxyl groups is 1. The van der Waals surface area contributed by atoms with Gasteiger partial charge >= 0.3 is 5.69 Å². The summed E-state index contributed by atoms with van der Waals surface area (Å²) in [4.78, 5) is 22.4. The Hall–Kier alpha value is -3.66. The second kappa shape index (κ2) is 7.75. The number of phenols is 1. The van der Waals surface area contributed by atoms with Gasteiger partial charge in [0.05, 0.1) is 11.0 Å². The van der Waals surface area contributed by atoms with Crippen LogP contribution in [-0.2, 0) is 4.79 Å². The Morgan fingerprint density at radius 3 is 2.60 bits per heavy atom. The van der Waals surface area contributed by atoms with Crippen LogP contribution < -0.4 is 5.32 Å². The number of carbonyl (C=O) groups excluding carboxylic acids is 1. The Bertz CT molecular complexity index is 870. The van der Waals surface area contributed by atoms with Crippen LogP contribution in [0.15, 0.2) is 54.1 Å². The number of carbonyl (C=O) groups is 1. The standard InChI is InChI=1S/C18H15N3O4/c1-12(14-5-3-2-4-6-14)20-18(23)15(11-19)9-13-7-8-17(22)16(10-13)21(24)25/h2-10,12,22H,1H3,(H,20,23)/t12-/m0/s1. The molecule has 0 saturated heterocycles. The van der Waals surface area contributed by atoms with Gasteiger partial charge in [0.1, 0.15) is 11.6 Å². The van der Waals surface area contributed by atoms with E-state index >= 15 is 0 Å². The molecule has 1 atom stereocenters. The first kappa shape index (κ1) is 17.7. The normalized spacial score (nSPS) is 12.1. The van der Waals surface area contributed by atoms with E-state index in [1.54, 1.807) is 13.0 Å². The zero-order valence-corrected chi connectivity index (χ0v) is 13.3. The molecule has 0 bridgehead atoms. The van der Waals surface area contributed by atoms with Crippen LogP contribution in [-0.4, -0.2) is 15.9 Å². The van der Waals surface area contributed by atoms with Crippen molar-refractivity contribution in [2.24, 2.45) is 0 Å². The first-order valence-electron chi connectivity index (χ1n) is 7.37. The lowest BCUT2D eigenvalue weighted by Gasteiger charge is -2.13. The van der Waals surface area contributed by atoms with E-state index in [-0.39, 0.29) is 17.2 Å². The van der Waals surface area contributed by atoms with Gasteiger partial charge in [-0.05, 0) is 30.2 Å². The van der Waals surface area contributed by atoms with Crippen molar-refractivity contribution in [2.75, 3.05) is 0 Å². The van der Waals surface area contributed by atoms with E-state index in [0.717, 1.165) is 17.7 Å². The van der Waals surface area contributed by atoms with Crippen molar-refractivity contribution in [1.82, 2.24) is 5.32 Å². The molecule has 0 radical (unpaired) electrons. The molecule has 7 nitrogen and oxygen atoms in total. The van der Waals surface area contributed by atoms with Crippen LogP contribution in [0.2, 0.25) is 0 Å². The molecular weight excluding hydrogens is 322 g/mol. The molecule has 2 aromatic rings. The van der Waals surface area contributed by atoms with Gasteiger partial charge in [-0.25, -0.2) is 0 Å². The average molecular weight is 337 g/mol. The van der Waals surface area contributed by atoms with Crippen LogP contribution in [0.25, 0.3) is 6.08 Å². The zero-order chi connectivity index (χ0) is 18.4. The third-order valence-corrected chi connectivity index (χ3v) is 3.52. The predicted octanol–water partition coefficient (Wildman–Crippen LogP) is 3.08. The fraction of sp³-hybridized carbons (Fsp3) is 0.111. The number of nitro groups is 1. The van der Waals surface area contributed by atoms with Gasteiger partial charge in [-0.15, -0.1) is 0 Å². The molecule has 0 aliphatic heterocycles. The highest BCUT2D eigenvalue weighted by Gasteiger charge is 2.16. The highest BCUT2D eigenvalue weighted by Crippen LogP contribution is 2.27. The van der Waals surface area contributed by atoms with Gasteiger partial charge in [0, 0.05) is 6.07 Å². The van der Waals surface area contributed by atoms with Crippen molar-refractivity contribution in [2.45, 2.75) is 13.0 Å². The molecule has 126 valence electrons. The SMILES string of the molecule is C[C@H](NC(=O)C(C#N)=Cc1ccc(O)c([N+](=O)[O-])c1)c1ccccc1. The van der Waals surface area contributed by atoms with Crippen molar-refractivity contribution >= 4 is 17.7 Å². The van der Waals surface area contributed by atoms with Gasteiger partial charge in [0.15, 0.2) is 5.75 Å². The Morgan fingerprint density at radius 1 is 1.32 bits per heavy atom. The third kappa shape index (κ3) is 4.42. The molecule has 0 heterocycles. The number of nitrogens with one attached hydrogen (secondary N) is 1. The second-order valence-electron chi connectivity index (χ2n) is 5.28. The summed E-state index contributed by atoms with van der Waals surface area (Å²) in [6, 6.07) is 14.3. The maximum atomic E-state index is 12.3. The molecule has 0 saturated carbocycles. The van der Waals surface area contributed by atoms with Crippen molar-refractivity contribution < 1.29 is 14.8 Å². The molecule has 1 amide bonds. The monoisotopic (exact) mass is 337 g/mol. The number of benzene rings is 2. The predicted molar refractivity (Wildman–Crippen MR) is 91.4 cm³/mol. The molecule has 2 aromatic carbocycles. The summed E-state index contributed by atoms with van der Waals surface area (Å²) in [5.41, 5.74) is 0.462. The highest BCUT2D eigenvalue weighted by molar-refractivity contribution is 6.01. The lowest BCUT2D eigenvalue weighted by molar-refractivity contribution is -0.385. The topological polar surface area (TPSA) is 116 Å². The van der Waals surface area contributed by atoms with Crippen LogP contribution in [0, 0.1) is 21.4 Å². The van der Waals surface area contributed by atoms with Gasteiger partial charge in [-0.2, -0.15) is 5.26 Å². The van der Waals surface area contributed by atoms with E-state index in [1.807, 2.05) is 30.3 Å². The van der Waals surface area contributed by atoms with Gasteiger partial charge < -0.3 is 10.4 Å². The molecule has 0 unspecified atom stereocenters. The van der Waals surface area contributed by atoms with Gasteiger partial charge in [0.25, 0.3) is 5.91 Å². The molecule has 0 aliphatic rings. The van der Waals surface area contributed by atoms with Crippen LogP contribution in [0.5, 0.6) is 5.75 Å². The summed E-state index contributed by atoms with van der Waals surface area (Å²) in [6.07, 6.45) is 1.24. The van der Waals surface area contributed by atoms with Crippen LogP contribution >= 0.6 is 0 Å². The summed E-state index contributed by atoms with van der Waals surface area (Å²) in [7, 11) is 0. The minimum Gasteiger partial charge on any atom is -0.502 e. The minimum atomic E-state index is -0.740. The zero-order valence-electron chi connectivity index (χ0n) is 13.3. The lowest BCUT2D eigenvalue weighted by Crippen LogP contribution is -2.27. The number of hydrogen-bond donors (Lipinski definition) is 2. The fourth-order valence-corrected chi connectivity index (χ4v) is 2.19. The summed E-state index contributed by atoms with van der Waals surface area (Å²) in [5.74, 6) is -1.07. The molecule has 25 heavy (non-hydrogen) atoms. The van der Waals surface area contributed by atoms with Crippen LogP contribution in [0.1, 0.15) is 24.1 Å². The molecule has 0 aliphatic carbocycles. The molecule has 0 spiro atoms. The average Bonchev–Trinajstić information content (AvgIpc) is 2.61. The van der Waals surface area contributed by atoms with Gasteiger partial charge in [-0.3, -0.25) is 14.9 Å². The molecular formula is C18H15N3O4. The number of nitriles is 1. The molecule has 0 aromatic heterocycles. The van der Waals surface area contributed by atoms with E-state index < -0.39 is 22.3 Å². The number of rotatable bonds is 5. The molecule has 7 heteroatoms. The number of nitrogens with zero attached hydrogens (tertiary/aromatic N) is 2. The summed E-state index contributed by atoms with van der Waals surface area (Å²) >= 11 is 0. The highest BCUT2D eigenvalue weighted by atomic mass is 16.6. The van der Waals surface area contributed by atoms with Crippen LogP contribution in [0.3, 0.4) is 0 Å². The Balaban J connectivity index is 2.23. The minimum absolute atomic E-state index is 0.192. The third-order valence-electron chi connectivity index (χ3n) is 3.52. The fourth-order valence-electron chi connectivity index (χ4n) is 2.19. The summed E-state index contributed by atoms with van der Waals surface area (Å²) in [5, 5.41) is 32.2. The number of nitro benzene ring substituents is 1. The molecule has 2 N–H and O–H groups in total. The Labute approximate surface area is 144 Å². The van der Waals surface area contributed by atoms with E-state index in [2.05, 4.69) is 5.32 Å². The van der Waals surface area contributed by atoms with Gasteiger partial charge in [-0.1, -0.05) is 36.4 Å². The van der Waals surface area contributed by atoms with Crippen molar-refractivity contribution in [1.29, 1.82) is 5.26 Å². The van der Waals surface area contributed by atoms with Crippen LogP contribution in [0.4, 0.5) is 5.69 Å². The maximum Gasteiger partial charge on any atom is 0.311 e. The summed E-state index contributed by atoms with van der Waals surface area (Å²) < 4.78 is 0. The number of phenolic OH excluding ortho intramolecular Hbond substituents is 1. The first-order valence-corrected chi connectivity index (χ1v) is 7.37. The van der Waals surface area contributed by atoms with Crippen molar-refractivity contribution in [3.63, 3.8) is 0 Å². The number of amides is 1. The quantitative estimate of drug-likeness (QED) is 0.376. The molecule has 0 fully saturated rings. The largest absolute Gasteiger partial charge is 0.502 e. The van der Waals surface area contributed by atoms with E-state index in [0.29, 0.717) is 0 Å². The maximum absolute atomic E-state index is 12.3. The first-order chi connectivity index (χ1) is 11.9. The lowest BCUT2D eigenvalue weighted by atomic mass is 10.1. The van der Waals surface area contributed by atoms with Crippen molar-refractivity contribution in [3.8, 4) is 11.8 Å². The summed E-state index contributed by atoms with van der Waals surface area (Å²) in [6.45, 7) is 1.79. The Morgan fingerprint density at radius 2 is 2.00 bits per heavy atom. The second-order valence-corrected chi connectivity index (χ2v) is 5.28. The van der Waals surface area contributed by atoms with E-state index in [4.69, 9.17) is 0 Å². The Kier molecular flexibility index (Phi) is 5.48. The number of hydrogen-bond acceptors (Lipinski definition) is 5. The van der Waals surface area contributed by atoms with Crippen molar-refractivity contribution in [3.05, 3.63) is 75.3 Å². The molecule has 2 rings (SSSR count).